The van der Waals surface area contributed by atoms with Crippen molar-refractivity contribution < 1.29 is 53.7 Å². The van der Waals surface area contributed by atoms with Gasteiger partial charge >= 0.3 is 17.9 Å². The summed E-state index contributed by atoms with van der Waals surface area (Å²) < 4.78 is 17.4. The number of esters is 1. The minimum Gasteiger partial charge on any atom is -0.508 e. The number of hydrogen-bond donors (Lipinski definition) is 3. The van der Waals surface area contributed by atoms with Gasteiger partial charge in [-0.15, -0.1) is 0 Å². The van der Waals surface area contributed by atoms with Gasteiger partial charge in [0.2, 0.25) is 0 Å². The van der Waals surface area contributed by atoms with Crippen molar-refractivity contribution in [1.82, 2.24) is 0 Å². The average molecular weight is 727 g/mol. The molecule has 0 saturated heterocycles. The molecule has 0 spiro atoms. The summed E-state index contributed by atoms with van der Waals surface area (Å²) >= 11 is 0. The van der Waals surface area contributed by atoms with E-state index in [1.54, 1.807) is 54.6 Å². The SMILES string of the molecule is CC(C)(c1ccc(Oc2ccc(OOCc3ccccc3C(=O)O)cc2)cc1)c1ccc(Oc2ccc(OC(=O)c3ccc(O)cc3C(=O)O)cc2)cc1. The minimum atomic E-state index is -1.36. The van der Waals surface area contributed by atoms with Gasteiger partial charge in [-0.25, -0.2) is 14.4 Å². The van der Waals surface area contributed by atoms with Crippen LogP contribution in [0.25, 0.3) is 0 Å². The predicted octanol–water partition coefficient (Wildman–Crippen LogP) is 9.43. The largest absolute Gasteiger partial charge is 0.508 e. The highest BCUT2D eigenvalue weighted by Crippen LogP contribution is 2.35. The lowest BCUT2D eigenvalue weighted by molar-refractivity contribution is -0.217. The van der Waals surface area contributed by atoms with Crippen molar-refractivity contribution in [3.63, 3.8) is 0 Å². The molecule has 0 aliphatic rings. The van der Waals surface area contributed by atoms with E-state index in [1.165, 1.54) is 30.3 Å². The number of ether oxygens (including phenoxy) is 3. The molecule has 6 aromatic carbocycles. The number of aromatic hydroxyl groups is 1. The second kappa shape index (κ2) is 16.1. The van der Waals surface area contributed by atoms with Crippen molar-refractivity contribution in [3.05, 3.63) is 173 Å². The highest BCUT2D eigenvalue weighted by Gasteiger charge is 2.24. The number of phenolic OH excluding ortho intramolecular Hbond substituents is 1. The van der Waals surface area contributed by atoms with Crippen LogP contribution >= 0.6 is 0 Å². The van der Waals surface area contributed by atoms with E-state index in [0.29, 0.717) is 34.3 Å². The molecule has 0 amide bonds. The average Bonchev–Trinajstić information content (AvgIpc) is 3.17. The first-order chi connectivity index (χ1) is 26.0. The molecule has 3 N–H and O–H groups in total. The van der Waals surface area contributed by atoms with E-state index in [2.05, 4.69) is 13.8 Å². The van der Waals surface area contributed by atoms with Crippen molar-refractivity contribution in [2.45, 2.75) is 25.9 Å². The molecule has 11 heteroatoms. The fourth-order valence-corrected chi connectivity index (χ4v) is 5.52. The maximum atomic E-state index is 12.6. The van der Waals surface area contributed by atoms with Crippen LogP contribution in [0.5, 0.6) is 40.2 Å². The lowest BCUT2D eigenvalue weighted by Crippen LogP contribution is -2.18. The van der Waals surface area contributed by atoms with E-state index in [-0.39, 0.29) is 40.2 Å². The molecule has 54 heavy (non-hydrogen) atoms. The summed E-state index contributed by atoms with van der Waals surface area (Å²) in [5, 5.41) is 28.3. The summed E-state index contributed by atoms with van der Waals surface area (Å²) in [6.07, 6.45) is 0. The van der Waals surface area contributed by atoms with E-state index in [0.717, 1.165) is 17.2 Å². The van der Waals surface area contributed by atoms with Crippen LogP contribution in [-0.4, -0.2) is 33.2 Å². The van der Waals surface area contributed by atoms with E-state index in [1.807, 2.05) is 48.5 Å². The zero-order valence-corrected chi connectivity index (χ0v) is 29.1. The Morgan fingerprint density at radius 1 is 0.537 bits per heavy atom. The molecule has 0 aliphatic carbocycles. The third kappa shape index (κ3) is 8.84. The molecular weight excluding hydrogens is 692 g/mol. The van der Waals surface area contributed by atoms with Gasteiger partial charge in [0.1, 0.15) is 41.1 Å². The number of phenols is 1. The van der Waals surface area contributed by atoms with Gasteiger partial charge in [-0.05, 0) is 114 Å². The first-order valence-electron chi connectivity index (χ1n) is 16.6. The number of carbonyl (C=O) groups is 3. The summed E-state index contributed by atoms with van der Waals surface area (Å²) in [7, 11) is 0. The van der Waals surface area contributed by atoms with Crippen LogP contribution in [0.4, 0.5) is 0 Å². The van der Waals surface area contributed by atoms with E-state index in [4.69, 9.17) is 24.0 Å². The minimum absolute atomic E-state index is 0.0244. The first-order valence-corrected chi connectivity index (χ1v) is 16.6. The number of hydrogen-bond acceptors (Lipinski definition) is 9. The van der Waals surface area contributed by atoms with E-state index < -0.39 is 17.9 Å². The Hall–Kier alpha value is -7.11. The number of benzene rings is 6. The Morgan fingerprint density at radius 3 is 1.52 bits per heavy atom. The molecule has 0 fully saturated rings. The molecule has 272 valence electrons. The second-order valence-electron chi connectivity index (χ2n) is 12.6. The number of carboxylic acid groups (broad SMARTS) is 2. The molecule has 0 radical (unpaired) electrons. The van der Waals surface area contributed by atoms with Crippen molar-refractivity contribution in [2.24, 2.45) is 0 Å². The van der Waals surface area contributed by atoms with Crippen LogP contribution in [0, 0.1) is 0 Å². The van der Waals surface area contributed by atoms with Crippen molar-refractivity contribution in [1.29, 1.82) is 0 Å². The van der Waals surface area contributed by atoms with Crippen LogP contribution in [0.3, 0.4) is 0 Å². The third-order valence-electron chi connectivity index (χ3n) is 8.55. The molecule has 6 rings (SSSR count). The van der Waals surface area contributed by atoms with E-state index in [9.17, 15) is 29.7 Å². The normalized spacial score (nSPS) is 11.0. The highest BCUT2D eigenvalue weighted by atomic mass is 17.2. The van der Waals surface area contributed by atoms with Gasteiger partial charge in [0.15, 0.2) is 5.75 Å². The highest BCUT2D eigenvalue weighted by molar-refractivity contribution is 6.03. The van der Waals surface area contributed by atoms with Crippen LogP contribution in [-0.2, 0) is 16.9 Å². The first kappa shape index (κ1) is 36.7. The fraction of sp³-hybridized carbons (Fsp3) is 0.0930. The van der Waals surface area contributed by atoms with Crippen LogP contribution in [0.2, 0.25) is 0 Å². The Labute approximate surface area is 310 Å². The smallest absolute Gasteiger partial charge is 0.344 e. The van der Waals surface area contributed by atoms with Crippen molar-refractivity contribution in [3.8, 4) is 40.2 Å². The third-order valence-corrected chi connectivity index (χ3v) is 8.55. The topological polar surface area (TPSA) is 158 Å². The van der Waals surface area contributed by atoms with Crippen molar-refractivity contribution >= 4 is 17.9 Å². The Balaban J connectivity index is 1.01. The van der Waals surface area contributed by atoms with Crippen LogP contribution in [0.1, 0.15) is 61.6 Å². The Kier molecular flexibility index (Phi) is 10.9. The Bertz CT molecular complexity index is 2260. The summed E-state index contributed by atoms with van der Waals surface area (Å²) in [6.45, 7) is 4.22. The molecular formula is C43H34O11. The van der Waals surface area contributed by atoms with Gasteiger partial charge in [-0.3, -0.25) is 0 Å². The number of aromatic carboxylic acids is 2. The lowest BCUT2D eigenvalue weighted by Gasteiger charge is -2.26. The van der Waals surface area contributed by atoms with E-state index >= 15 is 0 Å². The van der Waals surface area contributed by atoms with Gasteiger partial charge in [-0.1, -0.05) is 56.3 Å². The molecule has 0 atom stereocenters. The maximum Gasteiger partial charge on any atom is 0.344 e. The molecule has 0 unspecified atom stereocenters. The summed E-state index contributed by atoms with van der Waals surface area (Å²) in [5.41, 5.74) is 1.89. The molecule has 0 saturated carbocycles. The lowest BCUT2D eigenvalue weighted by atomic mass is 9.78. The predicted molar refractivity (Wildman–Crippen MR) is 197 cm³/mol. The zero-order chi connectivity index (χ0) is 38.2. The molecule has 0 aliphatic heterocycles. The van der Waals surface area contributed by atoms with Gasteiger partial charge in [0, 0.05) is 5.41 Å². The molecule has 0 bridgehead atoms. The second-order valence-corrected chi connectivity index (χ2v) is 12.6. The quantitative estimate of drug-likeness (QED) is 0.0425. The molecule has 0 aromatic heterocycles. The van der Waals surface area contributed by atoms with Crippen molar-refractivity contribution in [2.75, 3.05) is 0 Å². The van der Waals surface area contributed by atoms with Gasteiger partial charge in [0.25, 0.3) is 0 Å². The summed E-state index contributed by atoms with van der Waals surface area (Å²) in [4.78, 5) is 46.1. The van der Waals surface area contributed by atoms with Gasteiger partial charge in [-0.2, -0.15) is 4.89 Å². The summed E-state index contributed by atoms with van der Waals surface area (Å²) in [6, 6.07) is 38.7. The summed E-state index contributed by atoms with van der Waals surface area (Å²) in [5.74, 6) is -0.555. The Morgan fingerprint density at radius 2 is 1.00 bits per heavy atom. The maximum absolute atomic E-state index is 12.6. The molecule has 6 aromatic rings. The van der Waals surface area contributed by atoms with Gasteiger partial charge < -0.3 is 34.4 Å². The number of carboxylic acids is 2. The zero-order valence-electron chi connectivity index (χ0n) is 29.1. The molecule has 0 heterocycles. The standard InChI is InChI=1S/C43H34O11/c1-43(2,29-9-14-32(15-10-29)52-34-20-22-36(23-21-34)54-50-26-27-5-3-4-6-37(27)40(45)46)28-7-12-31(13-8-28)51-33-16-18-35(19-17-33)53-42(49)38-24-11-30(44)25-39(38)41(47)48/h3-25,44H,26H2,1-2H3,(H,45,46)(H,47,48). The number of rotatable bonds is 14. The molecule has 11 nitrogen and oxygen atoms in total. The van der Waals surface area contributed by atoms with Crippen LogP contribution < -0.4 is 19.1 Å². The van der Waals surface area contributed by atoms with Crippen LogP contribution in [0.15, 0.2) is 140 Å². The monoisotopic (exact) mass is 726 g/mol. The fourth-order valence-electron chi connectivity index (χ4n) is 5.52. The number of carbonyl (C=O) groups excluding carboxylic acids is 1. The van der Waals surface area contributed by atoms with Gasteiger partial charge in [0.05, 0.1) is 16.7 Å².